The van der Waals surface area contributed by atoms with Crippen LogP contribution < -0.4 is 5.32 Å². The molecule has 3 amide bonds. The fourth-order valence-electron chi connectivity index (χ4n) is 3.22. The van der Waals surface area contributed by atoms with Gasteiger partial charge in [-0.25, -0.2) is 9.59 Å². The number of benzene rings is 1. The highest BCUT2D eigenvalue weighted by Crippen LogP contribution is 2.34. The number of methoxy groups -OCH3 is 1. The standard InChI is InChI=1S/C22H22N2O8S/c1-4-31-21(28)16-12(2)17(22(29)32-10-9-30-3)33-18(16)23-15(25)11-24-19(26)13-7-5-6-8-14(13)20(24)27/h5-8H,4,9-11H2,1-3H3,(H,23,25). The predicted octanol–water partition coefficient (Wildman–Crippen LogP) is 2.27. The van der Waals surface area contributed by atoms with Gasteiger partial charge in [-0.3, -0.25) is 19.3 Å². The molecular formula is C22H22N2O8S. The minimum absolute atomic E-state index is 0.0104. The smallest absolute Gasteiger partial charge is 0.348 e. The van der Waals surface area contributed by atoms with Gasteiger partial charge in [0.25, 0.3) is 11.8 Å². The molecule has 174 valence electrons. The van der Waals surface area contributed by atoms with Crippen LogP contribution in [0.3, 0.4) is 0 Å². The molecule has 0 spiro atoms. The van der Waals surface area contributed by atoms with E-state index >= 15 is 0 Å². The summed E-state index contributed by atoms with van der Waals surface area (Å²) in [7, 11) is 1.46. The molecule has 10 nitrogen and oxygen atoms in total. The SMILES string of the molecule is CCOC(=O)c1c(NC(=O)CN2C(=O)c3ccccc3C2=O)sc(C(=O)OCCOC)c1C. The topological polar surface area (TPSA) is 128 Å². The Morgan fingerprint density at radius 1 is 1.00 bits per heavy atom. The Balaban J connectivity index is 1.81. The Bertz CT molecular complexity index is 1090. The van der Waals surface area contributed by atoms with Crippen molar-refractivity contribution in [3.63, 3.8) is 0 Å². The van der Waals surface area contributed by atoms with Gasteiger partial charge in [-0.05, 0) is 31.5 Å². The number of nitrogens with one attached hydrogen (secondary N) is 1. The van der Waals surface area contributed by atoms with Crippen LogP contribution in [0.15, 0.2) is 24.3 Å². The molecule has 1 aliphatic rings. The number of anilines is 1. The first-order valence-corrected chi connectivity index (χ1v) is 10.8. The molecule has 11 heteroatoms. The van der Waals surface area contributed by atoms with Crippen LogP contribution in [0, 0.1) is 6.92 Å². The molecule has 0 atom stereocenters. The first kappa shape index (κ1) is 24.1. The maximum absolute atomic E-state index is 12.7. The zero-order valence-corrected chi connectivity index (χ0v) is 19.1. The molecule has 1 N–H and O–H groups in total. The summed E-state index contributed by atoms with van der Waals surface area (Å²) < 4.78 is 15.0. The van der Waals surface area contributed by atoms with Gasteiger partial charge < -0.3 is 19.5 Å². The molecule has 1 aromatic carbocycles. The van der Waals surface area contributed by atoms with Crippen molar-refractivity contribution in [3.05, 3.63) is 51.4 Å². The van der Waals surface area contributed by atoms with Gasteiger partial charge in [0.05, 0.1) is 29.9 Å². The first-order chi connectivity index (χ1) is 15.8. The third-order valence-corrected chi connectivity index (χ3v) is 5.95. The number of fused-ring (bicyclic) bond motifs is 1. The molecule has 0 saturated carbocycles. The summed E-state index contributed by atoms with van der Waals surface area (Å²) in [4.78, 5) is 63.6. The lowest BCUT2D eigenvalue weighted by atomic mass is 10.1. The number of hydrogen-bond acceptors (Lipinski definition) is 9. The third kappa shape index (κ3) is 4.94. The molecule has 0 fully saturated rings. The van der Waals surface area contributed by atoms with E-state index in [1.54, 1.807) is 19.1 Å². The number of hydrogen-bond donors (Lipinski definition) is 1. The lowest BCUT2D eigenvalue weighted by Crippen LogP contribution is -2.37. The average molecular weight is 474 g/mol. The number of ether oxygens (including phenoxy) is 3. The molecule has 2 heterocycles. The lowest BCUT2D eigenvalue weighted by molar-refractivity contribution is -0.116. The van der Waals surface area contributed by atoms with Crippen LogP contribution in [0.5, 0.6) is 0 Å². The summed E-state index contributed by atoms with van der Waals surface area (Å²) >= 11 is 0.845. The van der Waals surface area contributed by atoms with Crippen molar-refractivity contribution in [3.8, 4) is 0 Å². The van der Waals surface area contributed by atoms with E-state index < -0.39 is 36.2 Å². The number of nitrogens with zero attached hydrogens (tertiary/aromatic N) is 1. The summed E-state index contributed by atoms with van der Waals surface area (Å²) in [5.41, 5.74) is 0.735. The highest BCUT2D eigenvalue weighted by molar-refractivity contribution is 7.18. The molecule has 2 aromatic rings. The van der Waals surface area contributed by atoms with Crippen LogP contribution in [-0.4, -0.2) is 68.0 Å². The third-order valence-electron chi connectivity index (χ3n) is 4.77. The van der Waals surface area contributed by atoms with E-state index in [1.807, 2.05) is 0 Å². The van der Waals surface area contributed by atoms with E-state index in [4.69, 9.17) is 14.2 Å². The van der Waals surface area contributed by atoms with E-state index in [2.05, 4.69) is 5.32 Å². The molecule has 0 bridgehead atoms. The highest BCUT2D eigenvalue weighted by Gasteiger charge is 2.36. The van der Waals surface area contributed by atoms with Gasteiger partial charge in [-0.1, -0.05) is 12.1 Å². The van der Waals surface area contributed by atoms with E-state index in [9.17, 15) is 24.0 Å². The van der Waals surface area contributed by atoms with Crippen LogP contribution >= 0.6 is 11.3 Å². The molecule has 0 unspecified atom stereocenters. The molecule has 3 rings (SSSR count). The second kappa shape index (κ2) is 10.4. The quantitative estimate of drug-likeness (QED) is 0.333. The normalized spacial score (nSPS) is 12.5. The fourth-order valence-corrected chi connectivity index (χ4v) is 4.33. The molecule has 0 radical (unpaired) electrons. The monoisotopic (exact) mass is 474 g/mol. The van der Waals surface area contributed by atoms with Gasteiger partial charge in [0.15, 0.2) is 0 Å². The Morgan fingerprint density at radius 3 is 2.21 bits per heavy atom. The van der Waals surface area contributed by atoms with E-state index in [1.165, 1.54) is 26.2 Å². The average Bonchev–Trinajstić information content (AvgIpc) is 3.23. The molecule has 1 aromatic heterocycles. The second-order valence-corrected chi connectivity index (χ2v) is 7.92. The number of rotatable bonds is 9. The fraction of sp³-hybridized carbons (Fsp3) is 0.318. The minimum atomic E-state index is -0.724. The number of thiophene rings is 1. The van der Waals surface area contributed by atoms with Crippen molar-refractivity contribution >= 4 is 46.0 Å². The zero-order chi connectivity index (χ0) is 24.1. The Morgan fingerprint density at radius 2 is 1.64 bits per heavy atom. The van der Waals surface area contributed by atoms with E-state index in [0.29, 0.717) is 0 Å². The van der Waals surface area contributed by atoms with Crippen molar-refractivity contribution in [1.82, 2.24) is 4.90 Å². The molecule has 1 aliphatic heterocycles. The summed E-state index contributed by atoms with van der Waals surface area (Å²) in [6.07, 6.45) is 0. The Hall–Kier alpha value is -3.57. The Kier molecular flexibility index (Phi) is 7.56. The molecule has 33 heavy (non-hydrogen) atoms. The summed E-state index contributed by atoms with van der Waals surface area (Å²) in [6, 6.07) is 6.27. The van der Waals surface area contributed by atoms with Gasteiger partial charge in [0.2, 0.25) is 5.91 Å². The van der Waals surface area contributed by atoms with Gasteiger partial charge in [-0.2, -0.15) is 0 Å². The van der Waals surface area contributed by atoms with Gasteiger partial charge >= 0.3 is 11.9 Å². The lowest BCUT2D eigenvalue weighted by Gasteiger charge is -2.13. The van der Waals surface area contributed by atoms with Gasteiger partial charge in [-0.15, -0.1) is 11.3 Å². The molecule has 0 aliphatic carbocycles. The number of imide groups is 1. The van der Waals surface area contributed by atoms with Crippen LogP contribution in [0.1, 0.15) is 53.2 Å². The van der Waals surface area contributed by atoms with Gasteiger partial charge in [0.1, 0.15) is 23.0 Å². The van der Waals surface area contributed by atoms with Crippen LogP contribution in [0.4, 0.5) is 5.00 Å². The van der Waals surface area contributed by atoms with Gasteiger partial charge in [0, 0.05) is 7.11 Å². The highest BCUT2D eigenvalue weighted by atomic mass is 32.1. The van der Waals surface area contributed by atoms with Crippen molar-refractivity contribution in [2.24, 2.45) is 0 Å². The van der Waals surface area contributed by atoms with E-state index in [0.717, 1.165) is 16.2 Å². The number of carbonyl (C=O) groups is 5. The van der Waals surface area contributed by atoms with Crippen LogP contribution in [-0.2, 0) is 19.0 Å². The van der Waals surface area contributed by atoms with Crippen molar-refractivity contribution in [2.75, 3.05) is 38.8 Å². The number of carbonyl (C=O) groups excluding carboxylic acids is 5. The minimum Gasteiger partial charge on any atom is -0.462 e. The molecular weight excluding hydrogens is 452 g/mol. The van der Waals surface area contributed by atoms with Crippen molar-refractivity contribution < 1.29 is 38.2 Å². The largest absolute Gasteiger partial charge is 0.462 e. The zero-order valence-electron chi connectivity index (χ0n) is 18.3. The maximum atomic E-state index is 12.7. The molecule has 0 saturated heterocycles. The van der Waals surface area contributed by atoms with Crippen molar-refractivity contribution in [1.29, 1.82) is 0 Å². The number of amides is 3. The Labute approximate surface area is 193 Å². The summed E-state index contributed by atoms with van der Waals surface area (Å²) in [5, 5.41) is 2.59. The number of esters is 2. The first-order valence-electron chi connectivity index (χ1n) is 10.0. The van der Waals surface area contributed by atoms with Crippen LogP contribution in [0.25, 0.3) is 0 Å². The summed E-state index contributed by atoms with van der Waals surface area (Å²) in [6.45, 7) is 2.91. The van der Waals surface area contributed by atoms with E-state index in [-0.39, 0.29) is 52.0 Å². The van der Waals surface area contributed by atoms with Crippen molar-refractivity contribution in [2.45, 2.75) is 13.8 Å². The summed E-state index contributed by atoms with van der Waals surface area (Å²) in [5.74, 6) is -3.28. The maximum Gasteiger partial charge on any atom is 0.348 e. The van der Waals surface area contributed by atoms with Crippen LogP contribution in [0.2, 0.25) is 0 Å². The second-order valence-electron chi connectivity index (χ2n) is 6.90. The predicted molar refractivity (Wildman–Crippen MR) is 118 cm³/mol.